The quantitative estimate of drug-likeness (QED) is 0.918. The molecule has 2 fully saturated rings. The Labute approximate surface area is 120 Å². The molecule has 1 aromatic rings. The van der Waals surface area contributed by atoms with Crippen LogP contribution >= 0.6 is 0 Å². The van der Waals surface area contributed by atoms with Crippen LogP contribution in [0, 0.1) is 11.8 Å². The Bertz CT molecular complexity index is 594. The Balaban J connectivity index is 1.91. The van der Waals surface area contributed by atoms with Crippen molar-refractivity contribution in [2.45, 2.75) is 44.2 Å². The van der Waals surface area contributed by atoms with Gasteiger partial charge >= 0.3 is 0 Å². The molecular formula is C14H22N2O3S. The number of aliphatic hydroxyl groups excluding tert-OH is 1. The smallest absolute Gasteiger partial charge is 0.244 e. The van der Waals surface area contributed by atoms with E-state index >= 15 is 0 Å². The van der Waals surface area contributed by atoms with Crippen LogP contribution in [0.3, 0.4) is 0 Å². The van der Waals surface area contributed by atoms with Gasteiger partial charge in [-0.1, -0.05) is 13.8 Å². The normalized spacial score (nSPS) is 28.1. The van der Waals surface area contributed by atoms with Gasteiger partial charge in [0.1, 0.15) is 4.90 Å². The second-order valence-electron chi connectivity index (χ2n) is 6.24. The number of sulfonamides is 1. The molecule has 1 saturated heterocycles. The molecule has 0 aromatic carbocycles. The van der Waals surface area contributed by atoms with Crippen molar-refractivity contribution in [1.82, 2.24) is 8.87 Å². The van der Waals surface area contributed by atoms with Crippen LogP contribution in [0.5, 0.6) is 0 Å². The van der Waals surface area contributed by atoms with Crippen molar-refractivity contribution in [3.8, 4) is 0 Å². The third kappa shape index (κ3) is 2.29. The highest BCUT2D eigenvalue weighted by Gasteiger charge is 2.36. The van der Waals surface area contributed by atoms with Crippen LogP contribution in [0.25, 0.3) is 0 Å². The average molecular weight is 298 g/mol. The van der Waals surface area contributed by atoms with Gasteiger partial charge in [0, 0.05) is 31.0 Å². The van der Waals surface area contributed by atoms with Gasteiger partial charge in [0.05, 0.1) is 6.61 Å². The van der Waals surface area contributed by atoms with E-state index in [-0.39, 0.29) is 6.61 Å². The van der Waals surface area contributed by atoms with E-state index in [0.29, 0.717) is 41.6 Å². The van der Waals surface area contributed by atoms with Gasteiger partial charge < -0.3 is 9.67 Å². The Kier molecular flexibility index (Phi) is 3.43. The maximum atomic E-state index is 12.7. The third-order valence-corrected chi connectivity index (χ3v) is 6.40. The Morgan fingerprint density at radius 1 is 1.25 bits per heavy atom. The molecule has 112 valence electrons. The first kappa shape index (κ1) is 14.1. The molecule has 1 aromatic heterocycles. The molecule has 6 heteroatoms. The minimum atomic E-state index is -3.42. The minimum Gasteiger partial charge on any atom is -0.390 e. The molecule has 1 aliphatic carbocycles. The lowest BCUT2D eigenvalue weighted by Crippen LogP contribution is -2.28. The van der Waals surface area contributed by atoms with Crippen LogP contribution in [0.15, 0.2) is 17.2 Å². The molecule has 0 radical (unpaired) electrons. The van der Waals surface area contributed by atoms with Crippen molar-refractivity contribution in [3.05, 3.63) is 18.0 Å². The second-order valence-corrected chi connectivity index (χ2v) is 8.18. The maximum absolute atomic E-state index is 12.7. The molecule has 2 heterocycles. The molecule has 2 atom stereocenters. The third-order valence-electron chi connectivity index (χ3n) is 4.60. The van der Waals surface area contributed by atoms with Crippen molar-refractivity contribution in [1.29, 1.82) is 0 Å². The van der Waals surface area contributed by atoms with Gasteiger partial charge in [0.2, 0.25) is 10.0 Å². The lowest BCUT2D eigenvalue weighted by Gasteiger charge is -2.14. The van der Waals surface area contributed by atoms with Crippen molar-refractivity contribution in [2.24, 2.45) is 11.8 Å². The first-order valence-electron chi connectivity index (χ1n) is 7.25. The van der Waals surface area contributed by atoms with E-state index in [0.717, 1.165) is 12.8 Å². The fourth-order valence-corrected chi connectivity index (χ4v) is 4.57. The van der Waals surface area contributed by atoms with Gasteiger partial charge in [-0.25, -0.2) is 8.42 Å². The maximum Gasteiger partial charge on any atom is 0.244 e. The van der Waals surface area contributed by atoms with E-state index < -0.39 is 10.0 Å². The van der Waals surface area contributed by atoms with Crippen LogP contribution in [-0.4, -0.2) is 35.5 Å². The van der Waals surface area contributed by atoms with Gasteiger partial charge in [0.25, 0.3) is 0 Å². The summed E-state index contributed by atoms with van der Waals surface area (Å²) in [6.45, 7) is 5.25. The number of hydrogen-bond acceptors (Lipinski definition) is 3. The van der Waals surface area contributed by atoms with E-state index in [2.05, 4.69) is 13.8 Å². The lowest BCUT2D eigenvalue weighted by molar-refractivity contribution is 0.270. The molecule has 0 amide bonds. The summed E-state index contributed by atoms with van der Waals surface area (Å²) in [5, 5.41) is 9.39. The number of rotatable bonds is 4. The van der Waals surface area contributed by atoms with Crippen LogP contribution in [0.2, 0.25) is 0 Å². The zero-order chi connectivity index (χ0) is 14.5. The molecule has 20 heavy (non-hydrogen) atoms. The van der Waals surface area contributed by atoms with Crippen molar-refractivity contribution in [3.63, 3.8) is 0 Å². The standard InChI is InChI=1S/C14H22N2O3S/c1-10-6-15(7-11(10)2)20(18,19)14-5-13(9-17)16(8-14)12-3-4-12/h5,8,10-12,17H,3-4,6-7,9H2,1-2H3. The fraction of sp³-hybridized carbons (Fsp3) is 0.714. The summed E-state index contributed by atoms with van der Waals surface area (Å²) in [4.78, 5) is 0.328. The SMILES string of the molecule is CC1CN(S(=O)(=O)c2cc(CO)n(C3CC3)c2)CC1C. The summed E-state index contributed by atoms with van der Waals surface area (Å²) in [7, 11) is -3.42. The molecule has 0 spiro atoms. The molecule has 1 N–H and O–H groups in total. The van der Waals surface area contributed by atoms with Gasteiger partial charge in [-0.2, -0.15) is 4.31 Å². The molecule has 1 aliphatic heterocycles. The van der Waals surface area contributed by atoms with Crippen molar-refractivity contribution in [2.75, 3.05) is 13.1 Å². The van der Waals surface area contributed by atoms with Crippen molar-refractivity contribution < 1.29 is 13.5 Å². The monoisotopic (exact) mass is 298 g/mol. The summed E-state index contributed by atoms with van der Waals surface area (Å²) in [6, 6.07) is 2.00. The zero-order valence-corrected chi connectivity index (χ0v) is 12.8. The van der Waals surface area contributed by atoms with Crippen molar-refractivity contribution >= 4 is 10.0 Å². The summed E-state index contributed by atoms with van der Waals surface area (Å²) in [5.41, 5.74) is 0.700. The summed E-state index contributed by atoms with van der Waals surface area (Å²) in [6.07, 6.45) is 3.84. The Hall–Kier alpha value is -0.850. The largest absolute Gasteiger partial charge is 0.390 e. The average Bonchev–Trinajstić information content (AvgIpc) is 3.06. The lowest BCUT2D eigenvalue weighted by atomic mass is 10.0. The number of nitrogens with zero attached hydrogens (tertiary/aromatic N) is 2. The van der Waals surface area contributed by atoms with Gasteiger partial charge in [-0.15, -0.1) is 0 Å². The minimum absolute atomic E-state index is 0.112. The van der Waals surface area contributed by atoms with Gasteiger partial charge in [-0.3, -0.25) is 0 Å². The van der Waals surface area contributed by atoms with Crippen LogP contribution in [-0.2, 0) is 16.6 Å². The molecule has 2 unspecified atom stereocenters. The molecule has 2 aliphatic rings. The predicted octanol–water partition coefficient (Wildman–Crippen LogP) is 1.59. The first-order valence-corrected chi connectivity index (χ1v) is 8.69. The highest BCUT2D eigenvalue weighted by molar-refractivity contribution is 7.89. The highest BCUT2D eigenvalue weighted by atomic mass is 32.2. The topological polar surface area (TPSA) is 62.5 Å². The van der Waals surface area contributed by atoms with Crippen LogP contribution in [0.4, 0.5) is 0 Å². The van der Waals surface area contributed by atoms with Crippen LogP contribution < -0.4 is 0 Å². The predicted molar refractivity (Wildman–Crippen MR) is 75.7 cm³/mol. The van der Waals surface area contributed by atoms with E-state index in [1.165, 1.54) is 0 Å². The van der Waals surface area contributed by atoms with Gasteiger partial charge in [-0.05, 0) is 30.7 Å². The molecular weight excluding hydrogens is 276 g/mol. The van der Waals surface area contributed by atoms with E-state index in [1.54, 1.807) is 16.6 Å². The van der Waals surface area contributed by atoms with E-state index in [9.17, 15) is 13.5 Å². The summed E-state index contributed by atoms with van der Waals surface area (Å²) >= 11 is 0. The summed E-state index contributed by atoms with van der Waals surface area (Å²) in [5.74, 6) is 0.792. The second kappa shape index (κ2) is 4.86. The zero-order valence-electron chi connectivity index (χ0n) is 12.0. The van der Waals surface area contributed by atoms with Crippen LogP contribution in [0.1, 0.15) is 38.4 Å². The van der Waals surface area contributed by atoms with E-state index in [4.69, 9.17) is 0 Å². The molecule has 3 rings (SSSR count). The Morgan fingerprint density at radius 2 is 1.85 bits per heavy atom. The van der Waals surface area contributed by atoms with Gasteiger partial charge in [0.15, 0.2) is 0 Å². The Morgan fingerprint density at radius 3 is 2.35 bits per heavy atom. The van der Waals surface area contributed by atoms with E-state index in [1.807, 2.05) is 4.57 Å². The number of hydrogen-bond donors (Lipinski definition) is 1. The molecule has 0 bridgehead atoms. The fourth-order valence-electron chi connectivity index (χ4n) is 2.88. The first-order chi connectivity index (χ1) is 9.43. The molecule has 1 saturated carbocycles. The highest BCUT2D eigenvalue weighted by Crippen LogP contribution is 2.38. The molecule has 5 nitrogen and oxygen atoms in total. The summed E-state index contributed by atoms with van der Waals surface area (Å²) < 4.78 is 28.9. The number of aliphatic hydroxyl groups is 1. The number of aromatic nitrogens is 1.